The number of methoxy groups -OCH3 is 1. The molecule has 2 aromatic carbocycles. The first kappa shape index (κ1) is 15.6. The van der Waals surface area contributed by atoms with E-state index in [1.807, 2.05) is 49.4 Å². The average Bonchev–Trinajstić information content (AvgIpc) is 2.54. The highest BCUT2D eigenvalue weighted by atomic mass is 35.5. The van der Waals surface area contributed by atoms with Crippen LogP contribution in [0.25, 0.3) is 16.5 Å². The minimum absolute atomic E-state index is 0.204. The van der Waals surface area contributed by atoms with Crippen molar-refractivity contribution in [3.05, 3.63) is 69.6 Å². The topological polar surface area (TPSA) is 57.2 Å². The number of rotatable bonds is 3. The molecule has 118 valence electrons. The molecule has 0 amide bonds. The number of halogens is 1. The summed E-state index contributed by atoms with van der Waals surface area (Å²) in [6, 6.07) is 14.3. The third-order valence-corrected chi connectivity index (χ3v) is 4.13. The number of hydrogen-bond donors (Lipinski definition) is 1. The summed E-state index contributed by atoms with van der Waals surface area (Å²) >= 11 is 6.25. The maximum atomic E-state index is 13.1. The molecule has 0 saturated heterocycles. The van der Waals surface area contributed by atoms with Gasteiger partial charge in [-0.25, -0.2) is 0 Å². The normalized spacial score (nSPS) is 12.3. The first-order valence-electron chi connectivity index (χ1n) is 7.27. The molecule has 0 bridgehead atoms. The SMILES string of the molecule is COc1ccccc1-n1c([C@H](C)N)cc2cccc(Cl)c2c1=O. The highest BCUT2D eigenvalue weighted by Crippen LogP contribution is 2.28. The lowest BCUT2D eigenvalue weighted by Gasteiger charge is -2.19. The number of nitrogens with two attached hydrogens (primary N) is 1. The predicted octanol–water partition coefficient (Wildman–Crippen LogP) is 3.67. The summed E-state index contributed by atoms with van der Waals surface area (Å²) in [5.41, 5.74) is 7.25. The molecule has 0 aliphatic heterocycles. The molecule has 0 radical (unpaired) electrons. The third-order valence-electron chi connectivity index (χ3n) is 3.82. The molecule has 5 heteroatoms. The Labute approximate surface area is 139 Å². The van der Waals surface area contributed by atoms with Crippen molar-refractivity contribution < 1.29 is 4.74 Å². The van der Waals surface area contributed by atoms with Crippen molar-refractivity contribution in [2.45, 2.75) is 13.0 Å². The predicted molar refractivity (Wildman–Crippen MR) is 93.7 cm³/mol. The molecule has 4 nitrogen and oxygen atoms in total. The van der Waals surface area contributed by atoms with Crippen molar-refractivity contribution in [1.29, 1.82) is 0 Å². The lowest BCUT2D eigenvalue weighted by atomic mass is 10.1. The summed E-state index contributed by atoms with van der Waals surface area (Å²) in [5.74, 6) is 0.600. The number of nitrogens with zero attached hydrogens (tertiary/aromatic N) is 1. The van der Waals surface area contributed by atoms with Gasteiger partial charge in [-0.2, -0.15) is 0 Å². The minimum Gasteiger partial charge on any atom is -0.495 e. The Kier molecular flexibility index (Phi) is 4.11. The molecule has 1 heterocycles. The summed E-state index contributed by atoms with van der Waals surface area (Å²) in [4.78, 5) is 13.1. The van der Waals surface area contributed by atoms with Gasteiger partial charge in [-0.15, -0.1) is 0 Å². The Morgan fingerprint density at radius 2 is 1.91 bits per heavy atom. The zero-order chi connectivity index (χ0) is 16.6. The molecule has 0 fully saturated rings. The molecule has 1 atom stereocenters. The van der Waals surface area contributed by atoms with Crippen LogP contribution in [0.2, 0.25) is 5.02 Å². The van der Waals surface area contributed by atoms with E-state index < -0.39 is 0 Å². The van der Waals surface area contributed by atoms with Crippen LogP contribution in [0.4, 0.5) is 0 Å². The van der Waals surface area contributed by atoms with E-state index in [9.17, 15) is 4.79 Å². The van der Waals surface area contributed by atoms with Gasteiger partial charge < -0.3 is 10.5 Å². The minimum atomic E-state index is -0.323. The Hall–Kier alpha value is -2.30. The Balaban J connectivity index is 2.48. The smallest absolute Gasteiger partial charge is 0.264 e. The molecule has 0 aliphatic rings. The van der Waals surface area contributed by atoms with Crippen LogP contribution in [0.1, 0.15) is 18.7 Å². The molecule has 3 aromatic rings. The zero-order valence-electron chi connectivity index (χ0n) is 12.9. The molecular weight excluding hydrogens is 312 g/mol. The van der Waals surface area contributed by atoms with E-state index >= 15 is 0 Å². The zero-order valence-corrected chi connectivity index (χ0v) is 13.7. The summed E-state index contributed by atoms with van der Waals surface area (Å²) in [5, 5.41) is 1.68. The fourth-order valence-electron chi connectivity index (χ4n) is 2.74. The van der Waals surface area contributed by atoms with Crippen LogP contribution in [0.15, 0.2) is 53.3 Å². The van der Waals surface area contributed by atoms with Crippen molar-refractivity contribution in [3.8, 4) is 11.4 Å². The van der Waals surface area contributed by atoms with Gasteiger partial charge in [0.25, 0.3) is 5.56 Å². The van der Waals surface area contributed by atoms with Gasteiger partial charge in [0.15, 0.2) is 0 Å². The van der Waals surface area contributed by atoms with E-state index in [0.717, 1.165) is 5.39 Å². The van der Waals surface area contributed by atoms with Crippen molar-refractivity contribution in [3.63, 3.8) is 0 Å². The second kappa shape index (κ2) is 6.07. The fraction of sp³-hybridized carbons (Fsp3) is 0.167. The average molecular weight is 329 g/mol. The van der Waals surface area contributed by atoms with E-state index in [1.165, 1.54) is 0 Å². The molecule has 0 spiro atoms. The molecule has 0 unspecified atom stereocenters. The number of aromatic nitrogens is 1. The van der Waals surface area contributed by atoms with E-state index in [2.05, 4.69) is 0 Å². The van der Waals surface area contributed by atoms with Gasteiger partial charge in [0.1, 0.15) is 5.75 Å². The van der Waals surface area contributed by atoms with E-state index in [0.29, 0.717) is 27.5 Å². The molecule has 23 heavy (non-hydrogen) atoms. The number of fused-ring (bicyclic) bond motifs is 1. The molecule has 0 saturated carbocycles. The maximum Gasteiger partial charge on any atom is 0.264 e. The maximum absolute atomic E-state index is 13.1. The fourth-order valence-corrected chi connectivity index (χ4v) is 3.00. The highest BCUT2D eigenvalue weighted by Gasteiger charge is 2.17. The van der Waals surface area contributed by atoms with Crippen LogP contribution in [-0.4, -0.2) is 11.7 Å². The lowest BCUT2D eigenvalue weighted by molar-refractivity contribution is 0.412. The van der Waals surface area contributed by atoms with Crippen molar-refractivity contribution in [1.82, 2.24) is 4.57 Å². The Morgan fingerprint density at radius 3 is 2.61 bits per heavy atom. The summed E-state index contributed by atoms with van der Waals surface area (Å²) < 4.78 is 6.98. The number of para-hydroxylation sites is 2. The van der Waals surface area contributed by atoms with Gasteiger partial charge in [0.05, 0.1) is 23.2 Å². The van der Waals surface area contributed by atoms with Gasteiger partial charge in [-0.05, 0) is 36.6 Å². The second-order valence-electron chi connectivity index (χ2n) is 5.37. The van der Waals surface area contributed by atoms with Crippen molar-refractivity contribution in [2.75, 3.05) is 7.11 Å². The number of pyridine rings is 1. The van der Waals surface area contributed by atoms with Gasteiger partial charge in [-0.1, -0.05) is 35.9 Å². The highest BCUT2D eigenvalue weighted by molar-refractivity contribution is 6.35. The van der Waals surface area contributed by atoms with Gasteiger partial charge in [-0.3, -0.25) is 9.36 Å². The van der Waals surface area contributed by atoms with Crippen LogP contribution < -0.4 is 16.0 Å². The standard InChI is InChI=1S/C18H17ClN2O2/c1-11(20)15-10-12-6-5-7-13(19)17(12)18(22)21(15)14-8-3-4-9-16(14)23-2/h3-11H,20H2,1-2H3/t11-/m0/s1. The summed E-state index contributed by atoms with van der Waals surface area (Å²) in [6.45, 7) is 1.84. The monoisotopic (exact) mass is 328 g/mol. The van der Waals surface area contributed by atoms with E-state index in [-0.39, 0.29) is 11.6 Å². The first-order valence-corrected chi connectivity index (χ1v) is 7.65. The summed E-state index contributed by atoms with van der Waals surface area (Å²) in [7, 11) is 1.57. The molecule has 2 N–H and O–H groups in total. The van der Waals surface area contributed by atoms with Gasteiger partial charge in [0.2, 0.25) is 0 Å². The molecule has 0 aliphatic carbocycles. The molecule has 1 aromatic heterocycles. The Morgan fingerprint density at radius 1 is 1.17 bits per heavy atom. The third kappa shape index (κ3) is 2.60. The van der Waals surface area contributed by atoms with Crippen LogP contribution in [0, 0.1) is 0 Å². The summed E-state index contributed by atoms with van der Waals surface area (Å²) in [6.07, 6.45) is 0. The first-order chi connectivity index (χ1) is 11.0. The van der Waals surface area contributed by atoms with Crippen LogP contribution in [0.5, 0.6) is 5.75 Å². The van der Waals surface area contributed by atoms with E-state index in [1.54, 1.807) is 17.7 Å². The van der Waals surface area contributed by atoms with Crippen molar-refractivity contribution >= 4 is 22.4 Å². The van der Waals surface area contributed by atoms with Crippen LogP contribution in [0.3, 0.4) is 0 Å². The number of ether oxygens (including phenoxy) is 1. The quantitative estimate of drug-likeness (QED) is 0.798. The Bertz CT molecular complexity index is 932. The lowest BCUT2D eigenvalue weighted by Crippen LogP contribution is -2.26. The van der Waals surface area contributed by atoms with Gasteiger partial charge in [0, 0.05) is 11.7 Å². The van der Waals surface area contributed by atoms with E-state index in [4.69, 9.17) is 22.1 Å². The van der Waals surface area contributed by atoms with Gasteiger partial charge >= 0.3 is 0 Å². The number of benzene rings is 2. The molecule has 3 rings (SSSR count). The molecular formula is C18H17ClN2O2. The van der Waals surface area contributed by atoms with Crippen LogP contribution >= 0.6 is 11.6 Å². The van der Waals surface area contributed by atoms with Crippen LogP contribution in [-0.2, 0) is 0 Å². The van der Waals surface area contributed by atoms with Crippen molar-refractivity contribution in [2.24, 2.45) is 5.73 Å². The second-order valence-corrected chi connectivity index (χ2v) is 5.78. The number of hydrogen-bond acceptors (Lipinski definition) is 3. The largest absolute Gasteiger partial charge is 0.495 e.